The van der Waals surface area contributed by atoms with Gasteiger partial charge in [0.05, 0.1) is 39.0 Å². The van der Waals surface area contributed by atoms with Crippen LogP contribution in [0.3, 0.4) is 0 Å². The normalized spacial score (nSPS) is 15.4. The van der Waals surface area contributed by atoms with Gasteiger partial charge in [-0.15, -0.1) is 0 Å². The van der Waals surface area contributed by atoms with Gasteiger partial charge in [-0.05, 0) is 146 Å². The summed E-state index contributed by atoms with van der Waals surface area (Å²) < 4.78 is 43.4. The summed E-state index contributed by atoms with van der Waals surface area (Å²) in [6.07, 6.45) is 11.8. The molecule has 12 rings (SSSR count). The monoisotopic (exact) mass is 1380 g/mol. The van der Waals surface area contributed by atoms with E-state index in [1.54, 1.807) is 60.7 Å². The molecule has 0 atom stereocenters. The number of carbonyl (C=O) groups excluding carboxylic acids is 6. The zero-order valence-electron chi connectivity index (χ0n) is 54.2. The summed E-state index contributed by atoms with van der Waals surface area (Å²) in [7, 11) is -1.50. The molecule has 22 nitrogen and oxygen atoms in total. The van der Waals surface area contributed by atoms with Crippen LogP contribution in [-0.2, 0) is 80.8 Å². The summed E-state index contributed by atoms with van der Waals surface area (Å²) in [5.41, 5.74) is 8.41. The first kappa shape index (κ1) is 70.0. The third kappa shape index (κ3) is 16.2. The highest BCUT2D eigenvalue weighted by Gasteiger charge is 2.57. The molecular weight excluding hydrogens is 1300 g/mol. The molecule has 2 aliphatic heterocycles. The molecule has 8 aromatic rings. The molecule has 0 radical (unpaired) electrons. The van der Waals surface area contributed by atoms with E-state index < -0.39 is 23.8 Å². The summed E-state index contributed by atoms with van der Waals surface area (Å²) in [5, 5.41) is 47.6. The van der Waals surface area contributed by atoms with Gasteiger partial charge in [0.15, 0.2) is 11.3 Å². The molecule has 96 heavy (non-hydrogen) atoms. The van der Waals surface area contributed by atoms with Gasteiger partial charge in [-0.3, -0.25) is 28.8 Å². The van der Waals surface area contributed by atoms with Crippen LogP contribution in [0.15, 0.2) is 102 Å². The topological polar surface area (TPSA) is 295 Å². The quantitative estimate of drug-likeness (QED) is 0.0160. The highest BCUT2D eigenvalue weighted by molar-refractivity contribution is 9.10. The number of nitrogens with one attached hydrogen (secondary N) is 6. The zero-order valence-corrected chi connectivity index (χ0v) is 55.8. The number of carbonyl (C=O) groups is 6. The average Bonchev–Trinajstić information content (AvgIpc) is 1.52. The highest BCUT2D eigenvalue weighted by Crippen LogP contribution is 2.48. The number of rotatable bonds is 24. The Hall–Kier alpha value is -8.82. The van der Waals surface area contributed by atoms with Crippen LogP contribution in [0.1, 0.15) is 133 Å². The van der Waals surface area contributed by atoms with Gasteiger partial charge in [-0.1, -0.05) is 68.4 Å². The third-order valence-electron chi connectivity index (χ3n) is 18.0. The second-order valence-corrected chi connectivity index (χ2v) is 25.2. The molecule has 4 aromatic heterocycles. The Morgan fingerprint density at radius 1 is 0.594 bits per heavy atom. The summed E-state index contributed by atoms with van der Waals surface area (Å²) in [4.78, 5) is 84.7. The molecule has 2 aliphatic carbocycles. The van der Waals surface area contributed by atoms with Crippen molar-refractivity contribution in [1.82, 2.24) is 50.8 Å². The van der Waals surface area contributed by atoms with Gasteiger partial charge < -0.3 is 51.4 Å². The molecule has 4 amide bonds. The Balaban J connectivity index is 0.000000182. The van der Waals surface area contributed by atoms with Crippen molar-refractivity contribution in [3.8, 4) is 11.1 Å². The number of pyridine rings is 2. The predicted octanol–water partition coefficient (Wildman–Crippen LogP) is 8.33. The SMILES string of the molecule is CCc1nc2c(cnn2CC)c(NC2CCOCC2)c1CNC(=O)C1(C(=O)NCc2ccc(F)c(-c3cccc(C=O)c3)c2)CC1.CCc1nc2c(cnn2CC)c(NC2CCOCC2)c1CNC(=O)C1(C(=O)NCc2ccc(F)c(Br)c2)CC1.O=Cc1cccc(B(O)O)c1. The number of nitrogens with zero attached hydrogens (tertiary/aromatic N) is 6. The number of hydrogen-bond acceptors (Lipinski definition) is 16. The van der Waals surface area contributed by atoms with E-state index in [0.29, 0.717) is 128 Å². The Bertz CT molecular complexity index is 4150. The maximum absolute atomic E-state index is 14.7. The number of aldehydes is 2. The van der Waals surface area contributed by atoms with Crippen LogP contribution >= 0.6 is 15.9 Å². The number of fused-ring (bicyclic) bond motifs is 2. The van der Waals surface area contributed by atoms with Crippen molar-refractivity contribution in [3.05, 3.63) is 158 Å². The van der Waals surface area contributed by atoms with Gasteiger partial charge in [0, 0.05) is 117 Å². The van der Waals surface area contributed by atoms with Crippen LogP contribution in [0.5, 0.6) is 0 Å². The summed E-state index contributed by atoms with van der Waals surface area (Å²) >= 11 is 3.17. The molecule has 8 N–H and O–H groups in total. The molecule has 2 saturated carbocycles. The van der Waals surface area contributed by atoms with E-state index >= 15 is 0 Å². The lowest BCUT2D eigenvalue weighted by Crippen LogP contribution is -2.42. The molecule has 0 spiro atoms. The lowest BCUT2D eigenvalue weighted by molar-refractivity contribution is -0.138. The number of benzene rings is 4. The first-order valence-electron chi connectivity index (χ1n) is 32.7. The van der Waals surface area contributed by atoms with E-state index in [0.717, 1.165) is 87.2 Å². The highest BCUT2D eigenvalue weighted by atomic mass is 79.9. The van der Waals surface area contributed by atoms with Gasteiger partial charge >= 0.3 is 7.12 Å². The molecule has 4 aliphatic rings. The fourth-order valence-electron chi connectivity index (χ4n) is 12.1. The molecule has 26 heteroatoms. The molecule has 6 heterocycles. The van der Waals surface area contributed by atoms with E-state index in [2.05, 4.69) is 58.0 Å². The maximum atomic E-state index is 14.7. The molecule has 504 valence electrons. The van der Waals surface area contributed by atoms with E-state index in [4.69, 9.17) is 29.5 Å². The van der Waals surface area contributed by atoms with E-state index in [9.17, 15) is 37.5 Å². The largest absolute Gasteiger partial charge is 0.488 e. The lowest BCUT2D eigenvalue weighted by atomic mass is 9.80. The van der Waals surface area contributed by atoms with Crippen LogP contribution in [0.25, 0.3) is 33.2 Å². The number of aryl methyl sites for hydroxylation is 4. The van der Waals surface area contributed by atoms with Crippen molar-refractivity contribution in [2.24, 2.45) is 10.8 Å². The van der Waals surface area contributed by atoms with Crippen LogP contribution in [0.2, 0.25) is 0 Å². The maximum Gasteiger partial charge on any atom is 0.488 e. The molecule has 2 saturated heterocycles. The Labute approximate surface area is 563 Å². The number of amides is 4. The van der Waals surface area contributed by atoms with Crippen molar-refractivity contribution in [1.29, 1.82) is 0 Å². The first-order chi connectivity index (χ1) is 46.5. The molecule has 0 unspecified atom stereocenters. The summed E-state index contributed by atoms with van der Waals surface area (Å²) in [5.74, 6) is -2.07. The fourth-order valence-corrected chi connectivity index (χ4v) is 12.5. The summed E-state index contributed by atoms with van der Waals surface area (Å²) in [6.45, 7) is 13.2. The van der Waals surface area contributed by atoms with E-state index in [-0.39, 0.29) is 67.7 Å². The van der Waals surface area contributed by atoms with Crippen LogP contribution < -0.4 is 37.4 Å². The second-order valence-electron chi connectivity index (χ2n) is 24.4. The molecular formula is C70H80BBrF2N12O10. The number of aromatic nitrogens is 6. The van der Waals surface area contributed by atoms with Gasteiger partial charge in [0.25, 0.3) is 0 Å². The molecule has 0 bridgehead atoms. The Morgan fingerprint density at radius 3 is 1.46 bits per heavy atom. The average molecular weight is 1380 g/mol. The van der Waals surface area contributed by atoms with E-state index in [1.165, 1.54) is 24.3 Å². The minimum absolute atomic E-state index is 0.135. The predicted molar refractivity (Wildman–Crippen MR) is 364 cm³/mol. The fraction of sp³-hybridized carbons (Fsp3) is 0.400. The van der Waals surface area contributed by atoms with Crippen molar-refractivity contribution in [2.75, 3.05) is 37.1 Å². The number of ether oxygens (including phenoxy) is 2. The Morgan fingerprint density at radius 2 is 1.03 bits per heavy atom. The smallest absolute Gasteiger partial charge is 0.423 e. The van der Waals surface area contributed by atoms with Crippen molar-refractivity contribution in [3.63, 3.8) is 0 Å². The number of anilines is 2. The van der Waals surface area contributed by atoms with E-state index in [1.807, 2.05) is 49.5 Å². The van der Waals surface area contributed by atoms with Gasteiger partial charge in [0.2, 0.25) is 23.6 Å². The van der Waals surface area contributed by atoms with Crippen LogP contribution in [-0.4, -0.2) is 121 Å². The first-order valence-corrected chi connectivity index (χ1v) is 33.5. The van der Waals surface area contributed by atoms with Crippen LogP contribution in [0, 0.1) is 22.5 Å². The molecule has 4 fully saturated rings. The van der Waals surface area contributed by atoms with Crippen molar-refractivity contribution >= 4 is 98.2 Å². The van der Waals surface area contributed by atoms with Crippen LogP contribution in [0.4, 0.5) is 20.2 Å². The molecule has 4 aromatic carbocycles. The van der Waals surface area contributed by atoms with Crippen molar-refractivity contribution in [2.45, 2.75) is 143 Å². The number of hydrogen-bond donors (Lipinski definition) is 8. The second kappa shape index (κ2) is 31.8. The van der Waals surface area contributed by atoms with Gasteiger partial charge in [-0.25, -0.2) is 28.1 Å². The number of halogens is 3. The van der Waals surface area contributed by atoms with Crippen molar-refractivity contribution < 1.29 is 57.1 Å². The standard InChI is InChI=1S/C35H39FN6O4.C28H34BrFN6O3.C7H7BO3/c1-3-30-27(31(40-25-10-14-46-15-11-25)28-20-39-42(4-2)32(28)41-30)19-38-34(45)35(12-13-35)33(44)37-18-22-8-9-29(36)26(17-22)24-7-5-6-23(16-24)21-43;1-3-23-19(24(34-18-7-11-39-12-8-18)20-16-33-36(4-2)25(20)35-23)15-32-27(38)28(9-10-28)26(37)31-14-17-5-6-22(30)21(29)13-17;9-5-6-2-1-3-7(4-6)8(10)11/h5-9,16-17,20-21,25H,3-4,10-15,18-19H2,1-2H3,(H,37,44)(H,38,45)(H,40,41);5-6,13,16,18H,3-4,7-12,14-15H2,1-2H3,(H,31,37)(H,32,38)(H,34,35);1-5,10-11H. The Kier molecular flexibility index (Phi) is 23.2. The van der Waals surface area contributed by atoms with Gasteiger partial charge in [-0.2, -0.15) is 10.2 Å². The zero-order chi connectivity index (χ0) is 68.1. The minimum atomic E-state index is -1.50. The summed E-state index contributed by atoms with van der Waals surface area (Å²) in [6, 6.07) is 22.5. The lowest BCUT2D eigenvalue weighted by Gasteiger charge is -2.27. The minimum Gasteiger partial charge on any atom is -0.423 e. The van der Waals surface area contributed by atoms with Gasteiger partial charge in [0.1, 0.15) is 35.0 Å². The third-order valence-corrected chi connectivity index (χ3v) is 18.6.